The summed E-state index contributed by atoms with van der Waals surface area (Å²) in [4.78, 5) is 0. The summed E-state index contributed by atoms with van der Waals surface area (Å²) in [5.41, 5.74) is 14.7. The number of terminal acetylenes is 1. The van der Waals surface area contributed by atoms with Gasteiger partial charge in [-0.25, -0.2) is 0 Å². The summed E-state index contributed by atoms with van der Waals surface area (Å²) in [7, 11) is 0. The fraction of sp³-hybridized carbons (Fsp3) is 0.553. The monoisotopic (exact) mass is 1150 g/mol. The van der Waals surface area contributed by atoms with Crippen LogP contribution in [-0.2, 0) is 19.3 Å². The third kappa shape index (κ3) is 33.0. The molecule has 0 nitrogen and oxygen atoms in total. The van der Waals surface area contributed by atoms with E-state index in [1.165, 1.54) is 203 Å². The van der Waals surface area contributed by atoms with Crippen LogP contribution in [0.2, 0.25) is 0 Å². The molecule has 0 N–H and O–H groups in total. The summed E-state index contributed by atoms with van der Waals surface area (Å²) in [5.74, 6) is 11.7. The minimum absolute atomic E-state index is 0. The molecule has 466 valence electrons. The fourth-order valence-electron chi connectivity index (χ4n) is 12.9. The van der Waals surface area contributed by atoms with E-state index in [0.29, 0.717) is 0 Å². The molecule has 0 bridgehead atoms. The summed E-state index contributed by atoms with van der Waals surface area (Å²) < 4.78 is 0. The van der Waals surface area contributed by atoms with Gasteiger partial charge in [-0.1, -0.05) is 337 Å². The first-order valence-corrected chi connectivity index (χ1v) is 33.8. The first kappa shape index (κ1) is 74.1. The van der Waals surface area contributed by atoms with E-state index in [9.17, 15) is 0 Å². The average Bonchev–Trinajstić information content (AvgIpc) is 3.57. The highest BCUT2D eigenvalue weighted by molar-refractivity contribution is 5.34. The number of rotatable bonds is 8. The van der Waals surface area contributed by atoms with Crippen molar-refractivity contribution < 1.29 is 0 Å². The van der Waals surface area contributed by atoms with E-state index in [4.69, 9.17) is 6.42 Å². The van der Waals surface area contributed by atoms with E-state index in [0.717, 1.165) is 65.2 Å². The maximum absolute atomic E-state index is 5.15. The van der Waals surface area contributed by atoms with Crippen molar-refractivity contribution in [3.05, 3.63) is 213 Å². The van der Waals surface area contributed by atoms with Crippen LogP contribution in [0.4, 0.5) is 0 Å². The Bertz CT molecular complexity index is 2420. The van der Waals surface area contributed by atoms with Crippen LogP contribution in [0.3, 0.4) is 0 Å². The summed E-state index contributed by atoms with van der Waals surface area (Å²) in [6.07, 6.45) is 41.5. The van der Waals surface area contributed by atoms with Gasteiger partial charge in [0.15, 0.2) is 0 Å². The molecule has 0 aromatic heterocycles. The van der Waals surface area contributed by atoms with Gasteiger partial charge in [0.2, 0.25) is 0 Å². The SMILES string of the molecule is C.C.C#Cc1ccc(C)cc1.CC1CCC(CC2CCC(C)CC2)CC1.CC1CCCCC1.Cc1ccc(CC2CCC(C)CC2)cc1.Cc1ccc(CC2CCC(C)CC2)cc1.Cc1ccc(Cc2ccc(C)cc2)cc1.Cc1ccccc1. The zero-order valence-corrected chi connectivity index (χ0v) is 54.9. The second kappa shape index (κ2) is 42.7. The van der Waals surface area contributed by atoms with Crippen LogP contribution < -0.4 is 0 Å². The van der Waals surface area contributed by atoms with Crippen LogP contribution >= 0.6 is 0 Å². The topological polar surface area (TPSA) is 0 Å². The molecule has 0 unspecified atom stereocenters. The maximum Gasteiger partial charge on any atom is 0.0242 e. The molecular formula is C85H126. The zero-order valence-electron chi connectivity index (χ0n) is 54.9. The standard InChI is InChI=1S/C15H28.2C15H22.C15H16.C9H8.C7H14.C7H8.2CH4/c4*1-12-3-7-14(8-4-12)11-15-9-5-13(2)6-10-15;1-3-9-6-4-8(2)5-7-9;2*1-7-5-3-2-4-6-7;;/h12-15H,3-11H2,1-2H3;2*3-4,7-8,13,15H,5-6,9-11H2,1-2H3;3-10H,11H2,1-2H3;1,4-7H,2H3;7H,2-6H2,1H3;2-6H,1H3;2*1H4. The Morgan fingerprint density at radius 3 is 0.812 bits per heavy atom. The van der Waals surface area contributed by atoms with Crippen LogP contribution in [0, 0.1) is 107 Å². The normalized spacial score (nSPS) is 22.4. The molecule has 0 atom stereocenters. The van der Waals surface area contributed by atoms with E-state index >= 15 is 0 Å². The minimum atomic E-state index is 0. The van der Waals surface area contributed by atoms with Gasteiger partial charge in [0.25, 0.3) is 0 Å². The molecule has 85 heavy (non-hydrogen) atoms. The van der Waals surface area contributed by atoms with Gasteiger partial charge in [-0.3, -0.25) is 0 Å². The number of aryl methyl sites for hydroxylation is 6. The van der Waals surface area contributed by atoms with Gasteiger partial charge in [0, 0.05) is 5.56 Å². The second-order valence-electron chi connectivity index (χ2n) is 27.7. The molecule has 6 aromatic carbocycles. The highest BCUT2D eigenvalue weighted by atomic mass is 14.3. The van der Waals surface area contributed by atoms with Crippen molar-refractivity contribution in [3.63, 3.8) is 0 Å². The Labute approximate surface area is 527 Å². The lowest BCUT2D eigenvalue weighted by molar-refractivity contribution is 0.201. The van der Waals surface area contributed by atoms with Crippen LogP contribution in [0.15, 0.2) is 152 Å². The van der Waals surface area contributed by atoms with Crippen molar-refractivity contribution in [3.8, 4) is 12.3 Å². The van der Waals surface area contributed by atoms with Crippen LogP contribution in [0.1, 0.15) is 252 Å². The predicted molar refractivity (Wildman–Crippen MR) is 380 cm³/mol. The zero-order chi connectivity index (χ0) is 59.6. The molecule has 5 saturated carbocycles. The fourth-order valence-corrected chi connectivity index (χ4v) is 12.9. The third-order valence-corrected chi connectivity index (χ3v) is 19.2. The van der Waals surface area contributed by atoms with Crippen molar-refractivity contribution in [2.75, 3.05) is 0 Å². The minimum Gasteiger partial charge on any atom is -0.115 e. The highest BCUT2D eigenvalue weighted by Gasteiger charge is 2.25. The largest absolute Gasteiger partial charge is 0.115 e. The molecule has 0 spiro atoms. The smallest absolute Gasteiger partial charge is 0.0242 e. The third-order valence-electron chi connectivity index (χ3n) is 19.2. The van der Waals surface area contributed by atoms with Crippen LogP contribution in [0.5, 0.6) is 0 Å². The van der Waals surface area contributed by atoms with Gasteiger partial charge in [0.1, 0.15) is 0 Å². The summed E-state index contributed by atoms with van der Waals surface area (Å²) in [6.45, 7) is 24.7. The molecule has 0 saturated heterocycles. The van der Waals surface area contributed by atoms with Gasteiger partial charge in [-0.2, -0.15) is 0 Å². The van der Waals surface area contributed by atoms with E-state index in [1.807, 2.05) is 49.4 Å². The van der Waals surface area contributed by atoms with Crippen molar-refractivity contribution >= 4 is 0 Å². The Hall–Kier alpha value is -5.12. The Kier molecular flexibility index (Phi) is 37.2. The highest BCUT2D eigenvalue weighted by Crippen LogP contribution is 2.38. The molecular weight excluding hydrogens is 1020 g/mol. The number of benzene rings is 6. The van der Waals surface area contributed by atoms with Crippen LogP contribution in [0.25, 0.3) is 0 Å². The molecule has 0 aliphatic heterocycles. The molecule has 11 rings (SSSR count). The number of hydrogen-bond acceptors (Lipinski definition) is 0. The first-order valence-electron chi connectivity index (χ1n) is 33.8. The van der Waals surface area contributed by atoms with Crippen molar-refractivity contribution in [2.24, 2.45) is 53.3 Å². The van der Waals surface area contributed by atoms with Crippen molar-refractivity contribution in [1.29, 1.82) is 0 Å². The quantitative estimate of drug-likeness (QED) is 0.133. The second-order valence-corrected chi connectivity index (χ2v) is 27.7. The molecule has 0 heteroatoms. The molecule has 5 fully saturated rings. The van der Waals surface area contributed by atoms with Gasteiger partial charge in [0.05, 0.1) is 0 Å². The Balaban J connectivity index is 0.000000264. The predicted octanol–water partition coefficient (Wildman–Crippen LogP) is 25.5. The molecule has 0 amide bonds. The van der Waals surface area contributed by atoms with Gasteiger partial charge in [-0.05, 0) is 181 Å². The van der Waals surface area contributed by atoms with Gasteiger partial charge in [-0.15, -0.1) is 6.42 Å². The van der Waals surface area contributed by atoms with Crippen molar-refractivity contribution in [1.82, 2.24) is 0 Å². The van der Waals surface area contributed by atoms with E-state index in [2.05, 4.69) is 184 Å². The summed E-state index contributed by atoms with van der Waals surface area (Å²) in [5, 5.41) is 0. The lowest BCUT2D eigenvalue weighted by atomic mass is 9.74. The lowest BCUT2D eigenvalue weighted by Crippen LogP contribution is -2.19. The van der Waals surface area contributed by atoms with Crippen LogP contribution in [-0.4, -0.2) is 0 Å². The Morgan fingerprint density at radius 1 is 0.294 bits per heavy atom. The molecule has 5 aliphatic carbocycles. The molecule has 0 heterocycles. The van der Waals surface area contributed by atoms with Gasteiger partial charge < -0.3 is 0 Å². The summed E-state index contributed by atoms with van der Waals surface area (Å²) in [6, 6.07) is 53.8. The maximum atomic E-state index is 5.15. The van der Waals surface area contributed by atoms with E-state index in [1.54, 1.807) is 6.42 Å². The molecule has 6 aromatic rings. The molecule has 0 radical (unpaired) electrons. The van der Waals surface area contributed by atoms with Gasteiger partial charge >= 0.3 is 0 Å². The lowest BCUT2D eigenvalue weighted by Gasteiger charge is -2.32. The van der Waals surface area contributed by atoms with E-state index < -0.39 is 0 Å². The molecule has 5 aliphatic rings. The first-order chi connectivity index (χ1) is 40.1. The Morgan fingerprint density at radius 2 is 0.553 bits per heavy atom. The average molecular weight is 1150 g/mol. The number of hydrogen-bond donors (Lipinski definition) is 0. The van der Waals surface area contributed by atoms with E-state index in [-0.39, 0.29) is 14.9 Å². The summed E-state index contributed by atoms with van der Waals surface area (Å²) >= 11 is 0. The van der Waals surface area contributed by atoms with Crippen molar-refractivity contribution in [2.45, 2.75) is 252 Å².